The van der Waals surface area contributed by atoms with E-state index in [0.717, 1.165) is 5.56 Å². The average molecular weight is 263 g/mol. The van der Waals surface area contributed by atoms with Gasteiger partial charge in [-0.05, 0) is 25.0 Å². The minimum absolute atomic E-state index is 0.0457. The maximum absolute atomic E-state index is 13.8. The molecule has 1 fully saturated rings. The molecule has 0 spiro atoms. The van der Waals surface area contributed by atoms with Gasteiger partial charge in [-0.1, -0.05) is 6.07 Å². The van der Waals surface area contributed by atoms with Crippen LogP contribution < -0.4 is 5.32 Å². The van der Waals surface area contributed by atoms with Crippen molar-refractivity contribution in [1.82, 2.24) is 15.1 Å². The van der Waals surface area contributed by atoms with E-state index in [1.807, 2.05) is 0 Å². The molecular formula is C14H15F2N3. The summed E-state index contributed by atoms with van der Waals surface area (Å²) in [5, 5.41) is 7.53. The first-order valence-electron chi connectivity index (χ1n) is 6.35. The van der Waals surface area contributed by atoms with Gasteiger partial charge in [-0.3, -0.25) is 4.68 Å². The number of hydrogen-bond acceptors (Lipinski definition) is 2. The molecule has 0 unspecified atom stereocenters. The van der Waals surface area contributed by atoms with Crippen LogP contribution in [0.5, 0.6) is 0 Å². The van der Waals surface area contributed by atoms with Gasteiger partial charge < -0.3 is 5.32 Å². The molecule has 0 amide bonds. The molecule has 1 N–H and O–H groups in total. The normalized spacial score (nSPS) is 14.9. The Balaban J connectivity index is 1.98. The summed E-state index contributed by atoms with van der Waals surface area (Å²) in [6.45, 7) is 0.585. The summed E-state index contributed by atoms with van der Waals surface area (Å²) >= 11 is 0. The van der Waals surface area contributed by atoms with Crippen molar-refractivity contribution in [3.63, 3.8) is 0 Å². The molecule has 0 aliphatic heterocycles. The maximum atomic E-state index is 13.8. The zero-order valence-electron chi connectivity index (χ0n) is 10.7. The predicted molar refractivity (Wildman–Crippen MR) is 68.4 cm³/mol. The second-order valence-electron chi connectivity index (χ2n) is 4.93. The number of nitrogens with one attached hydrogen (secondary N) is 1. The molecule has 1 aliphatic rings. The molecule has 1 aliphatic carbocycles. The number of nitrogens with zero attached hydrogens (tertiary/aromatic N) is 2. The Morgan fingerprint density at radius 1 is 1.32 bits per heavy atom. The highest BCUT2D eigenvalue weighted by Crippen LogP contribution is 2.28. The van der Waals surface area contributed by atoms with Crippen LogP contribution in [0.25, 0.3) is 11.3 Å². The van der Waals surface area contributed by atoms with Gasteiger partial charge >= 0.3 is 0 Å². The largest absolute Gasteiger partial charge is 0.310 e. The van der Waals surface area contributed by atoms with Crippen LogP contribution in [0.2, 0.25) is 0 Å². The van der Waals surface area contributed by atoms with Crippen LogP contribution in [0.4, 0.5) is 8.78 Å². The van der Waals surface area contributed by atoms with Crippen molar-refractivity contribution in [3.8, 4) is 11.3 Å². The number of aryl methyl sites for hydroxylation is 1. The van der Waals surface area contributed by atoms with Gasteiger partial charge in [0.25, 0.3) is 0 Å². The number of halogens is 2. The third-order valence-electron chi connectivity index (χ3n) is 3.26. The maximum Gasteiger partial charge on any atom is 0.135 e. The molecule has 100 valence electrons. The van der Waals surface area contributed by atoms with Gasteiger partial charge in [-0.2, -0.15) is 5.10 Å². The number of benzene rings is 1. The quantitative estimate of drug-likeness (QED) is 0.919. The molecule has 0 bridgehead atoms. The molecule has 5 heteroatoms. The van der Waals surface area contributed by atoms with E-state index >= 15 is 0 Å². The molecule has 1 heterocycles. The Morgan fingerprint density at radius 2 is 2.00 bits per heavy atom. The highest BCUT2D eigenvalue weighted by atomic mass is 19.1. The first kappa shape index (κ1) is 12.3. The monoisotopic (exact) mass is 263 g/mol. The Labute approximate surface area is 110 Å². The summed E-state index contributed by atoms with van der Waals surface area (Å²) in [5.74, 6) is -1.15. The van der Waals surface area contributed by atoms with E-state index in [0.29, 0.717) is 18.3 Å². The molecule has 0 saturated heterocycles. The number of hydrogen-bond donors (Lipinski definition) is 1. The van der Waals surface area contributed by atoms with Crippen molar-refractivity contribution in [2.24, 2.45) is 7.05 Å². The van der Waals surface area contributed by atoms with E-state index in [1.54, 1.807) is 17.9 Å². The Kier molecular flexibility index (Phi) is 3.06. The van der Waals surface area contributed by atoms with Crippen molar-refractivity contribution in [3.05, 3.63) is 41.6 Å². The van der Waals surface area contributed by atoms with Crippen molar-refractivity contribution in [2.45, 2.75) is 25.4 Å². The Bertz CT molecular complexity index is 582. The smallest absolute Gasteiger partial charge is 0.135 e. The second kappa shape index (κ2) is 4.74. The van der Waals surface area contributed by atoms with Gasteiger partial charge in [0.2, 0.25) is 0 Å². The molecule has 3 nitrogen and oxygen atoms in total. The van der Waals surface area contributed by atoms with E-state index in [1.165, 1.54) is 31.0 Å². The predicted octanol–water partition coefficient (Wildman–Crippen LogP) is 2.62. The molecule has 1 aromatic heterocycles. The average Bonchev–Trinajstić information content (AvgIpc) is 3.11. The van der Waals surface area contributed by atoms with Gasteiger partial charge in [-0.15, -0.1) is 0 Å². The lowest BCUT2D eigenvalue weighted by molar-refractivity contribution is 0.587. The van der Waals surface area contributed by atoms with Gasteiger partial charge in [0.1, 0.15) is 17.3 Å². The van der Waals surface area contributed by atoms with E-state index in [9.17, 15) is 8.78 Å². The summed E-state index contributed by atoms with van der Waals surface area (Å²) in [5.41, 5.74) is 1.15. The molecule has 19 heavy (non-hydrogen) atoms. The molecular weight excluding hydrogens is 248 g/mol. The third-order valence-corrected chi connectivity index (χ3v) is 3.26. The SMILES string of the molecule is Cn1cc(CNC2CC2)c(-c2c(F)cccc2F)n1. The lowest BCUT2D eigenvalue weighted by atomic mass is 10.1. The fourth-order valence-corrected chi connectivity index (χ4v) is 2.14. The molecule has 1 aromatic carbocycles. The standard InChI is InChI=1S/C14H15F2N3/c1-19-8-9(7-17-10-5-6-10)14(18-19)13-11(15)3-2-4-12(13)16/h2-4,8,10,17H,5-7H2,1H3. The van der Waals surface area contributed by atoms with Crippen molar-refractivity contribution < 1.29 is 8.78 Å². The summed E-state index contributed by atoms with van der Waals surface area (Å²) in [7, 11) is 1.75. The van der Waals surface area contributed by atoms with E-state index in [4.69, 9.17) is 0 Å². The van der Waals surface area contributed by atoms with Gasteiger partial charge in [0, 0.05) is 31.4 Å². The Morgan fingerprint density at radius 3 is 2.63 bits per heavy atom. The first-order chi connectivity index (χ1) is 9.15. The molecule has 0 radical (unpaired) electrons. The summed E-state index contributed by atoms with van der Waals surface area (Å²) in [6.07, 6.45) is 4.14. The van der Waals surface area contributed by atoms with E-state index in [-0.39, 0.29) is 5.56 Å². The summed E-state index contributed by atoms with van der Waals surface area (Å²) in [4.78, 5) is 0. The molecule has 3 rings (SSSR count). The van der Waals surface area contributed by atoms with Crippen LogP contribution in [-0.4, -0.2) is 15.8 Å². The lowest BCUT2D eigenvalue weighted by Gasteiger charge is -2.06. The van der Waals surface area contributed by atoms with Crippen LogP contribution in [0.3, 0.4) is 0 Å². The number of aromatic nitrogens is 2. The zero-order valence-corrected chi connectivity index (χ0v) is 10.7. The molecule has 0 atom stereocenters. The van der Waals surface area contributed by atoms with Crippen molar-refractivity contribution in [2.75, 3.05) is 0 Å². The van der Waals surface area contributed by atoms with Crippen molar-refractivity contribution in [1.29, 1.82) is 0 Å². The molecule has 2 aromatic rings. The van der Waals surface area contributed by atoms with Gasteiger partial charge in [0.15, 0.2) is 0 Å². The Hall–Kier alpha value is -1.75. The fraction of sp³-hybridized carbons (Fsp3) is 0.357. The highest BCUT2D eigenvalue weighted by Gasteiger charge is 2.23. The van der Waals surface area contributed by atoms with Crippen LogP contribution >= 0.6 is 0 Å². The van der Waals surface area contributed by atoms with Gasteiger partial charge in [-0.25, -0.2) is 8.78 Å². The van der Waals surface area contributed by atoms with Crippen LogP contribution in [0, 0.1) is 11.6 Å². The van der Waals surface area contributed by atoms with Crippen molar-refractivity contribution >= 4 is 0 Å². The first-order valence-corrected chi connectivity index (χ1v) is 6.35. The van der Waals surface area contributed by atoms with Crippen LogP contribution in [0.15, 0.2) is 24.4 Å². The topological polar surface area (TPSA) is 29.9 Å². The minimum atomic E-state index is -0.577. The summed E-state index contributed by atoms with van der Waals surface area (Å²) in [6, 6.07) is 4.41. The van der Waals surface area contributed by atoms with Gasteiger partial charge in [0.05, 0.1) is 5.56 Å². The van der Waals surface area contributed by atoms with Crippen LogP contribution in [-0.2, 0) is 13.6 Å². The van der Waals surface area contributed by atoms with E-state index < -0.39 is 11.6 Å². The lowest BCUT2D eigenvalue weighted by Crippen LogP contribution is -2.15. The third kappa shape index (κ3) is 2.51. The highest BCUT2D eigenvalue weighted by molar-refractivity contribution is 5.64. The molecule has 1 saturated carbocycles. The van der Waals surface area contributed by atoms with Crippen LogP contribution in [0.1, 0.15) is 18.4 Å². The fourth-order valence-electron chi connectivity index (χ4n) is 2.14. The number of rotatable bonds is 4. The zero-order chi connectivity index (χ0) is 13.4. The van der Waals surface area contributed by atoms with E-state index in [2.05, 4.69) is 10.4 Å². The second-order valence-corrected chi connectivity index (χ2v) is 4.93. The summed E-state index contributed by atoms with van der Waals surface area (Å²) < 4.78 is 29.2. The minimum Gasteiger partial charge on any atom is -0.310 e.